The SMILES string of the molecule is O=C(O)C(F)(F)F.O=C(OCc1ccccc1)C1CN(Cc2cnn3ccccc23)C1. The summed E-state index contributed by atoms with van der Waals surface area (Å²) in [6, 6.07) is 15.8. The Morgan fingerprint density at radius 3 is 2.39 bits per heavy atom. The molecule has 0 atom stereocenters. The largest absolute Gasteiger partial charge is 0.490 e. The van der Waals surface area contributed by atoms with Crippen LogP contribution in [0, 0.1) is 5.92 Å². The normalized spacial score (nSPS) is 14.4. The number of aromatic nitrogens is 2. The average Bonchev–Trinajstić information content (AvgIpc) is 3.12. The molecule has 1 aliphatic heterocycles. The third-order valence-electron chi connectivity index (χ3n) is 4.66. The van der Waals surface area contributed by atoms with Gasteiger partial charge >= 0.3 is 18.1 Å². The van der Waals surface area contributed by atoms with E-state index in [2.05, 4.69) is 16.1 Å². The molecule has 7 nitrogen and oxygen atoms in total. The Morgan fingerprint density at radius 2 is 1.74 bits per heavy atom. The number of hydrogen-bond donors (Lipinski definition) is 1. The number of ether oxygens (including phenoxy) is 1. The van der Waals surface area contributed by atoms with E-state index in [0.29, 0.717) is 6.61 Å². The molecule has 164 valence electrons. The van der Waals surface area contributed by atoms with E-state index in [0.717, 1.165) is 30.7 Å². The number of alkyl halides is 3. The second-order valence-electron chi connectivity index (χ2n) is 6.99. The zero-order valence-corrected chi connectivity index (χ0v) is 16.3. The first-order valence-electron chi connectivity index (χ1n) is 9.38. The Kier molecular flexibility index (Phi) is 6.91. The molecule has 2 aromatic heterocycles. The molecule has 31 heavy (non-hydrogen) atoms. The quantitative estimate of drug-likeness (QED) is 0.620. The third kappa shape index (κ3) is 6.05. The number of carbonyl (C=O) groups is 2. The molecule has 0 saturated carbocycles. The molecule has 1 saturated heterocycles. The summed E-state index contributed by atoms with van der Waals surface area (Å²) in [5.74, 6) is -2.88. The molecule has 1 aromatic carbocycles. The molecule has 3 heterocycles. The van der Waals surface area contributed by atoms with Crippen LogP contribution in [0.4, 0.5) is 13.2 Å². The number of fused-ring (bicyclic) bond motifs is 1. The molecule has 4 rings (SSSR count). The van der Waals surface area contributed by atoms with E-state index in [1.807, 2.05) is 59.4 Å². The number of nitrogens with zero attached hydrogens (tertiary/aromatic N) is 3. The lowest BCUT2D eigenvalue weighted by atomic mass is 9.99. The number of halogens is 3. The molecule has 3 aromatic rings. The van der Waals surface area contributed by atoms with Crippen LogP contribution in [0.5, 0.6) is 0 Å². The van der Waals surface area contributed by atoms with Crippen LogP contribution in [0.3, 0.4) is 0 Å². The van der Waals surface area contributed by atoms with Crippen molar-refractivity contribution in [1.82, 2.24) is 14.5 Å². The van der Waals surface area contributed by atoms with Crippen LogP contribution >= 0.6 is 0 Å². The predicted molar refractivity (Wildman–Crippen MR) is 104 cm³/mol. The van der Waals surface area contributed by atoms with Gasteiger partial charge in [0.25, 0.3) is 0 Å². The van der Waals surface area contributed by atoms with Crippen molar-refractivity contribution in [3.63, 3.8) is 0 Å². The summed E-state index contributed by atoms with van der Waals surface area (Å²) in [5, 5.41) is 11.5. The molecule has 1 N–H and O–H groups in total. The first-order valence-corrected chi connectivity index (χ1v) is 9.38. The van der Waals surface area contributed by atoms with Gasteiger partial charge in [0.2, 0.25) is 0 Å². The van der Waals surface area contributed by atoms with Crippen molar-refractivity contribution in [3.8, 4) is 0 Å². The number of rotatable bonds is 5. The standard InChI is InChI=1S/C19H19N3O2.C2HF3O2/c23-19(24-14-15-6-2-1-3-7-15)17-12-21(13-17)11-16-10-20-22-9-5-4-8-18(16)22;3-2(4,5)1(6)7/h1-10,17H,11-14H2;(H,6,7). The van der Waals surface area contributed by atoms with Crippen LogP contribution < -0.4 is 0 Å². The van der Waals surface area contributed by atoms with Gasteiger partial charge in [0.15, 0.2) is 0 Å². The summed E-state index contributed by atoms with van der Waals surface area (Å²) in [7, 11) is 0. The molecule has 1 fully saturated rings. The molecule has 10 heteroatoms. The third-order valence-corrected chi connectivity index (χ3v) is 4.66. The van der Waals surface area contributed by atoms with E-state index in [-0.39, 0.29) is 11.9 Å². The van der Waals surface area contributed by atoms with Gasteiger partial charge in [0.05, 0.1) is 17.6 Å². The Hall–Kier alpha value is -3.40. The van der Waals surface area contributed by atoms with Crippen molar-refractivity contribution in [2.75, 3.05) is 13.1 Å². The number of carbonyl (C=O) groups excluding carboxylic acids is 1. The molecule has 0 aliphatic carbocycles. The predicted octanol–water partition coefficient (Wildman–Crippen LogP) is 3.14. The fourth-order valence-electron chi connectivity index (χ4n) is 3.04. The van der Waals surface area contributed by atoms with E-state index < -0.39 is 12.1 Å². The lowest BCUT2D eigenvalue weighted by Gasteiger charge is -2.37. The van der Waals surface area contributed by atoms with Crippen LogP contribution in [-0.2, 0) is 27.5 Å². The zero-order chi connectivity index (χ0) is 22.4. The number of esters is 1. The van der Waals surface area contributed by atoms with Crippen molar-refractivity contribution in [2.45, 2.75) is 19.3 Å². The van der Waals surface area contributed by atoms with Crippen molar-refractivity contribution in [2.24, 2.45) is 5.92 Å². The molecule has 0 bridgehead atoms. The highest BCUT2D eigenvalue weighted by molar-refractivity contribution is 5.74. The second-order valence-corrected chi connectivity index (χ2v) is 6.99. The van der Waals surface area contributed by atoms with Gasteiger partial charge in [0.1, 0.15) is 6.61 Å². The van der Waals surface area contributed by atoms with Crippen molar-refractivity contribution < 1.29 is 32.6 Å². The molecule has 0 unspecified atom stereocenters. The van der Waals surface area contributed by atoms with Crippen LogP contribution in [-0.4, -0.2) is 50.8 Å². The number of carboxylic acids is 1. The number of aliphatic carboxylic acids is 1. The van der Waals surface area contributed by atoms with Gasteiger partial charge in [0, 0.05) is 31.4 Å². The fraction of sp³-hybridized carbons (Fsp3) is 0.286. The number of benzene rings is 1. The summed E-state index contributed by atoms with van der Waals surface area (Å²) in [5.41, 5.74) is 3.33. The van der Waals surface area contributed by atoms with E-state index >= 15 is 0 Å². The zero-order valence-electron chi connectivity index (χ0n) is 16.3. The maximum Gasteiger partial charge on any atom is 0.490 e. The summed E-state index contributed by atoms with van der Waals surface area (Å²) >= 11 is 0. The average molecular weight is 435 g/mol. The highest BCUT2D eigenvalue weighted by atomic mass is 19.4. The summed E-state index contributed by atoms with van der Waals surface area (Å²) in [6.07, 6.45) is -1.24. The van der Waals surface area contributed by atoms with Gasteiger partial charge in [-0.3, -0.25) is 9.69 Å². The maximum atomic E-state index is 12.1. The minimum absolute atomic E-state index is 0.0180. The molecule has 0 amide bonds. The fourth-order valence-corrected chi connectivity index (χ4v) is 3.04. The lowest BCUT2D eigenvalue weighted by molar-refractivity contribution is -0.192. The summed E-state index contributed by atoms with van der Waals surface area (Å²) in [6.45, 7) is 2.66. The molecular weight excluding hydrogens is 415 g/mol. The van der Waals surface area contributed by atoms with E-state index in [1.54, 1.807) is 0 Å². The first-order chi connectivity index (χ1) is 14.7. The van der Waals surface area contributed by atoms with Crippen molar-refractivity contribution in [1.29, 1.82) is 0 Å². The number of carboxylic acid groups (broad SMARTS) is 1. The minimum atomic E-state index is -5.08. The number of pyridine rings is 1. The number of hydrogen-bond acceptors (Lipinski definition) is 5. The van der Waals surface area contributed by atoms with Crippen LogP contribution in [0.1, 0.15) is 11.1 Å². The maximum absolute atomic E-state index is 12.1. The Bertz CT molecular complexity index is 1030. The summed E-state index contributed by atoms with van der Waals surface area (Å²) in [4.78, 5) is 23.2. The van der Waals surface area contributed by atoms with Gasteiger partial charge in [-0.2, -0.15) is 18.3 Å². The Morgan fingerprint density at radius 1 is 1.10 bits per heavy atom. The highest BCUT2D eigenvalue weighted by Crippen LogP contribution is 2.22. The topological polar surface area (TPSA) is 84.1 Å². The van der Waals surface area contributed by atoms with Crippen LogP contribution in [0.25, 0.3) is 5.52 Å². The van der Waals surface area contributed by atoms with E-state index in [9.17, 15) is 18.0 Å². The van der Waals surface area contributed by atoms with E-state index in [1.165, 1.54) is 5.56 Å². The van der Waals surface area contributed by atoms with Gasteiger partial charge < -0.3 is 9.84 Å². The first kappa shape index (κ1) is 22.3. The van der Waals surface area contributed by atoms with Crippen LogP contribution in [0.15, 0.2) is 60.9 Å². The second kappa shape index (κ2) is 9.61. The van der Waals surface area contributed by atoms with Crippen LogP contribution in [0.2, 0.25) is 0 Å². The van der Waals surface area contributed by atoms with Crippen molar-refractivity contribution >= 4 is 17.5 Å². The van der Waals surface area contributed by atoms with E-state index in [4.69, 9.17) is 14.6 Å². The highest BCUT2D eigenvalue weighted by Gasteiger charge is 2.38. The monoisotopic (exact) mass is 435 g/mol. The minimum Gasteiger partial charge on any atom is -0.475 e. The molecular formula is C21H20F3N3O4. The van der Waals surface area contributed by atoms with Crippen molar-refractivity contribution in [3.05, 3.63) is 72.1 Å². The number of likely N-dealkylation sites (tertiary alicyclic amines) is 1. The smallest absolute Gasteiger partial charge is 0.475 e. The Labute approximate surface area is 175 Å². The van der Waals surface area contributed by atoms with Gasteiger partial charge in [-0.1, -0.05) is 36.4 Å². The van der Waals surface area contributed by atoms with Gasteiger partial charge in [-0.05, 0) is 17.7 Å². The molecule has 0 radical (unpaired) electrons. The van der Waals surface area contributed by atoms with Gasteiger partial charge in [-0.25, -0.2) is 9.31 Å². The lowest BCUT2D eigenvalue weighted by Crippen LogP contribution is -2.50. The Balaban J connectivity index is 0.000000339. The molecule has 0 spiro atoms. The van der Waals surface area contributed by atoms with Gasteiger partial charge in [-0.15, -0.1) is 0 Å². The summed E-state index contributed by atoms with van der Waals surface area (Å²) < 4.78 is 39.0. The molecule has 1 aliphatic rings.